The SMILES string of the molecule is CC1(C)Oc2ccc(Br)cc2C1NC(=O)O[C@@H]1CN2CCC1CC2. The van der Waals surface area contributed by atoms with Crippen LogP contribution in [-0.4, -0.2) is 42.3 Å². The van der Waals surface area contributed by atoms with Crippen LogP contribution in [0.5, 0.6) is 5.75 Å². The van der Waals surface area contributed by atoms with Crippen LogP contribution in [0.2, 0.25) is 0 Å². The highest BCUT2D eigenvalue weighted by Crippen LogP contribution is 2.44. The first kappa shape index (κ1) is 16.2. The second-order valence-electron chi connectivity index (χ2n) is 7.55. The number of halogens is 1. The van der Waals surface area contributed by atoms with Gasteiger partial charge in [-0.3, -0.25) is 4.90 Å². The Bertz CT molecular complexity index is 656. The molecule has 0 aliphatic carbocycles. The van der Waals surface area contributed by atoms with E-state index in [-0.39, 0.29) is 18.2 Å². The molecule has 3 saturated heterocycles. The van der Waals surface area contributed by atoms with Gasteiger partial charge in [-0.1, -0.05) is 15.9 Å². The van der Waals surface area contributed by atoms with Gasteiger partial charge in [0.15, 0.2) is 0 Å². The predicted molar refractivity (Wildman–Crippen MR) is 94.2 cm³/mol. The number of nitrogens with one attached hydrogen (secondary N) is 1. The second-order valence-corrected chi connectivity index (χ2v) is 8.46. The Morgan fingerprint density at radius 3 is 2.79 bits per heavy atom. The van der Waals surface area contributed by atoms with Crippen LogP contribution in [0.1, 0.15) is 38.3 Å². The van der Waals surface area contributed by atoms with Crippen molar-refractivity contribution < 1.29 is 14.3 Å². The Morgan fingerprint density at radius 2 is 2.12 bits per heavy atom. The van der Waals surface area contributed by atoms with Crippen LogP contribution in [0.15, 0.2) is 22.7 Å². The lowest BCUT2D eigenvalue weighted by Gasteiger charge is -2.44. The smallest absolute Gasteiger partial charge is 0.408 e. The molecule has 3 fully saturated rings. The highest BCUT2D eigenvalue weighted by atomic mass is 79.9. The lowest BCUT2D eigenvalue weighted by Crippen LogP contribution is -2.53. The van der Waals surface area contributed by atoms with Gasteiger partial charge in [0.25, 0.3) is 0 Å². The minimum absolute atomic E-state index is 0.0138. The normalized spacial score (nSPS) is 32.8. The van der Waals surface area contributed by atoms with Crippen molar-refractivity contribution >= 4 is 22.0 Å². The first-order valence-electron chi connectivity index (χ1n) is 8.60. The third-order valence-electron chi connectivity index (χ3n) is 5.47. The van der Waals surface area contributed by atoms with Crippen LogP contribution < -0.4 is 10.1 Å². The predicted octanol–water partition coefficient (Wildman–Crippen LogP) is 3.48. The summed E-state index contributed by atoms with van der Waals surface area (Å²) in [6.45, 7) is 7.11. The average Bonchev–Trinajstić information content (AvgIpc) is 2.79. The highest BCUT2D eigenvalue weighted by Gasteiger charge is 2.43. The van der Waals surface area contributed by atoms with Crippen molar-refractivity contribution in [2.24, 2.45) is 5.92 Å². The van der Waals surface area contributed by atoms with E-state index in [0.29, 0.717) is 5.92 Å². The average molecular weight is 395 g/mol. The summed E-state index contributed by atoms with van der Waals surface area (Å²) in [6.07, 6.45) is 1.93. The van der Waals surface area contributed by atoms with E-state index in [1.54, 1.807) is 0 Å². The Hall–Kier alpha value is -1.27. The molecule has 6 heteroatoms. The first-order chi connectivity index (χ1) is 11.4. The Labute approximate surface area is 150 Å². The maximum Gasteiger partial charge on any atom is 0.408 e. The molecule has 1 N–H and O–H groups in total. The van der Waals surface area contributed by atoms with Crippen molar-refractivity contribution in [1.82, 2.24) is 10.2 Å². The number of fused-ring (bicyclic) bond motifs is 4. The van der Waals surface area contributed by atoms with E-state index >= 15 is 0 Å². The number of hydrogen-bond donors (Lipinski definition) is 1. The standard InChI is InChI=1S/C18H23BrN2O3/c1-18(2)16(13-9-12(19)3-4-14(13)24-18)20-17(22)23-15-10-21-7-5-11(15)6-8-21/h3-4,9,11,15-16H,5-8,10H2,1-2H3,(H,20,22)/t15-,16?/m1/s1. The number of alkyl carbamates (subject to hydrolysis) is 1. The van der Waals surface area contributed by atoms with Crippen LogP contribution >= 0.6 is 15.9 Å². The van der Waals surface area contributed by atoms with E-state index in [1.807, 2.05) is 32.0 Å². The van der Waals surface area contributed by atoms with Gasteiger partial charge in [0.2, 0.25) is 0 Å². The molecule has 24 heavy (non-hydrogen) atoms. The number of benzene rings is 1. The van der Waals surface area contributed by atoms with Crippen LogP contribution in [0.3, 0.4) is 0 Å². The number of carbonyl (C=O) groups is 1. The monoisotopic (exact) mass is 394 g/mol. The molecule has 1 aromatic rings. The van der Waals surface area contributed by atoms with Crippen molar-refractivity contribution in [3.05, 3.63) is 28.2 Å². The van der Waals surface area contributed by atoms with Crippen LogP contribution in [0.4, 0.5) is 4.79 Å². The number of amides is 1. The lowest BCUT2D eigenvalue weighted by molar-refractivity contribution is -0.0358. The summed E-state index contributed by atoms with van der Waals surface area (Å²) in [5.74, 6) is 1.33. The fourth-order valence-corrected chi connectivity index (χ4v) is 4.52. The van der Waals surface area contributed by atoms with Crippen molar-refractivity contribution in [1.29, 1.82) is 0 Å². The van der Waals surface area contributed by atoms with Crippen LogP contribution in [0.25, 0.3) is 0 Å². The molecule has 0 saturated carbocycles. The van der Waals surface area contributed by atoms with Gasteiger partial charge in [0.05, 0.1) is 0 Å². The summed E-state index contributed by atoms with van der Waals surface area (Å²) in [5.41, 5.74) is 0.484. The third-order valence-corrected chi connectivity index (χ3v) is 5.96. The summed E-state index contributed by atoms with van der Waals surface area (Å²) >= 11 is 3.49. The molecule has 5 nitrogen and oxygen atoms in total. The van der Waals surface area contributed by atoms with Crippen LogP contribution in [0, 0.1) is 5.92 Å². The Kier molecular flexibility index (Phi) is 4.00. The summed E-state index contributed by atoms with van der Waals surface area (Å²) in [6, 6.07) is 5.66. The minimum Gasteiger partial charge on any atom is -0.485 e. The molecular formula is C18H23BrN2O3. The van der Waals surface area contributed by atoms with E-state index in [2.05, 4.69) is 26.1 Å². The van der Waals surface area contributed by atoms with Gasteiger partial charge in [-0.2, -0.15) is 0 Å². The lowest BCUT2D eigenvalue weighted by atomic mass is 9.86. The number of carbonyl (C=O) groups excluding carboxylic acids is 1. The van der Waals surface area contributed by atoms with E-state index in [1.165, 1.54) is 0 Å². The molecule has 4 aliphatic rings. The minimum atomic E-state index is -0.503. The maximum atomic E-state index is 12.5. The van der Waals surface area contributed by atoms with Gasteiger partial charge in [0.1, 0.15) is 23.5 Å². The Morgan fingerprint density at radius 1 is 1.38 bits per heavy atom. The number of nitrogens with zero attached hydrogens (tertiary/aromatic N) is 1. The van der Waals surface area contributed by atoms with Gasteiger partial charge < -0.3 is 14.8 Å². The van der Waals surface area contributed by atoms with Crippen molar-refractivity contribution in [3.8, 4) is 5.75 Å². The van der Waals surface area contributed by atoms with E-state index in [0.717, 1.165) is 48.3 Å². The number of piperidine rings is 3. The molecule has 5 rings (SSSR count). The molecular weight excluding hydrogens is 372 g/mol. The van der Waals surface area contributed by atoms with Crippen molar-refractivity contribution in [3.63, 3.8) is 0 Å². The maximum absolute atomic E-state index is 12.5. The summed E-state index contributed by atoms with van der Waals surface area (Å²) in [7, 11) is 0. The Balaban J connectivity index is 1.46. The van der Waals surface area contributed by atoms with Gasteiger partial charge in [-0.05, 0) is 63.9 Å². The molecule has 0 spiro atoms. The first-order valence-corrected chi connectivity index (χ1v) is 9.40. The van der Waals surface area contributed by atoms with Crippen molar-refractivity contribution in [2.45, 2.75) is 44.4 Å². The molecule has 1 unspecified atom stereocenters. The summed E-state index contributed by atoms with van der Waals surface area (Å²) in [5, 5.41) is 3.03. The molecule has 0 radical (unpaired) electrons. The summed E-state index contributed by atoms with van der Waals surface area (Å²) in [4.78, 5) is 14.9. The zero-order chi connectivity index (χ0) is 16.9. The number of hydrogen-bond acceptors (Lipinski definition) is 4. The molecule has 4 aliphatic heterocycles. The van der Waals surface area contributed by atoms with Gasteiger partial charge in [-0.25, -0.2) is 4.79 Å². The highest BCUT2D eigenvalue weighted by molar-refractivity contribution is 9.10. The molecule has 2 atom stereocenters. The third kappa shape index (κ3) is 2.90. The van der Waals surface area contributed by atoms with Crippen LogP contribution in [-0.2, 0) is 4.74 Å². The van der Waals surface area contributed by atoms with Gasteiger partial charge >= 0.3 is 6.09 Å². The topological polar surface area (TPSA) is 50.8 Å². The van der Waals surface area contributed by atoms with Gasteiger partial charge in [0, 0.05) is 16.6 Å². The summed E-state index contributed by atoms with van der Waals surface area (Å²) < 4.78 is 12.7. The van der Waals surface area contributed by atoms with E-state index in [4.69, 9.17) is 9.47 Å². The largest absolute Gasteiger partial charge is 0.485 e. The fraction of sp³-hybridized carbons (Fsp3) is 0.611. The molecule has 1 amide bonds. The van der Waals surface area contributed by atoms with E-state index in [9.17, 15) is 4.79 Å². The molecule has 2 bridgehead atoms. The van der Waals surface area contributed by atoms with Gasteiger partial charge in [-0.15, -0.1) is 0 Å². The molecule has 0 aromatic heterocycles. The molecule has 1 aromatic carbocycles. The molecule has 130 valence electrons. The zero-order valence-corrected chi connectivity index (χ0v) is 15.6. The zero-order valence-electron chi connectivity index (χ0n) is 14.0. The van der Waals surface area contributed by atoms with E-state index < -0.39 is 5.60 Å². The molecule has 4 heterocycles. The quantitative estimate of drug-likeness (QED) is 0.833. The number of ether oxygens (including phenoxy) is 2. The van der Waals surface area contributed by atoms with Crippen molar-refractivity contribution in [2.75, 3.05) is 19.6 Å². The fourth-order valence-electron chi connectivity index (χ4n) is 4.14. The number of rotatable bonds is 2. The second kappa shape index (κ2) is 5.92.